The summed E-state index contributed by atoms with van der Waals surface area (Å²) >= 11 is 0. The second-order valence-electron chi connectivity index (χ2n) is 3.22. The van der Waals surface area contributed by atoms with Gasteiger partial charge in [-0.1, -0.05) is 13.3 Å². The Balaban J connectivity index is 3.44. The highest BCUT2D eigenvalue weighted by Gasteiger charge is 2.15. The standard InChI is InChI=1S/C8H19NO3S/c1-3-4-6-9-7-5-8(2)13(10,11)12/h8-9H,3-7H2,1-2H3,(H,10,11,12). The summed E-state index contributed by atoms with van der Waals surface area (Å²) in [5.41, 5.74) is 0. The maximum Gasteiger partial charge on any atom is 0.267 e. The third-order valence-electron chi connectivity index (χ3n) is 1.94. The highest BCUT2D eigenvalue weighted by molar-refractivity contribution is 7.86. The van der Waals surface area contributed by atoms with E-state index in [4.69, 9.17) is 4.55 Å². The first-order valence-electron chi connectivity index (χ1n) is 4.65. The van der Waals surface area contributed by atoms with Crippen LogP contribution in [0.25, 0.3) is 0 Å². The summed E-state index contributed by atoms with van der Waals surface area (Å²) in [5.74, 6) is 0. The first-order valence-corrected chi connectivity index (χ1v) is 6.15. The SMILES string of the molecule is CCCCNCCC(C)S(=O)(=O)O. The second kappa shape index (κ2) is 6.34. The van der Waals surface area contributed by atoms with E-state index < -0.39 is 15.4 Å². The van der Waals surface area contributed by atoms with Crippen molar-refractivity contribution in [2.24, 2.45) is 0 Å². The molecule has 0 saturated carbocycles. The van der Waals surface area contributed by atoms with Crippen molar-refractivity contribution >= 4 is 10.1 Å². The van der Waals surface area contributed by atoms with Crippen LogP contribution in [0.1, 0.15) is 33.1 Å². The second-order valence-corrected chi connectivity index (χ2v) is 5.05. The van der Waals surface area contributed by atoms with Crippen LogP contribution in [0.5, 0.6) is 0 Å². The van der Waals surface area contributed by atoms with Gasteiger partial charge in [-0.05, 0) is 32.9 Å². The summed E-state index contributed by atoms with van der Waals surface area (Å²) in [6, 6.07) is 0. The summed E-state index contributed by atoms with van der Waals surface area (Å²) in [5, 5.41) is 2.45. The number of hydrogen-bond donors (Lipinski definition) is 2. The average Bonchev–Trinajstić information content (AvgIpc) is 2.02. The molecular formula is C8H19NO3S. The maximum atomic E-state index is 10.6. The summed E-state index contributed by atoms with van der Waals surface area (Å²) in [6.07, 6.45) is 2.68. The van der Waals surface area contributed by atoms with Crippen LogP contribution in [0.3, 0.4) is 0 Å². The Labute approximate surface area is 80.5 Å². The molecule has 2 N–H and O–H groups in total. The first-order chi connectivity index (χ1) is 5.98. The van der Waals surface area contributed by atoms with Gasteiger partial charge in [0.2, 0.25) is 0 Å². The van der Waals surface area contributed by atoms with Gasteiger partial charge >= 0.3 is 0 Å². The summed E-state index contributed by atoms with van der Waals surface area (Å²) in [7, 11) is -3.84. The van der Waals surface area contributed by atoms with Crippen LogP contribution in [0.2, 0.25) is 0 Å². The van der Waals surface area contributed by atoms with Crippen LogP contribution in [0, 0.1) is 0 Å². The van der Waals surface area contributed by atoms with Gasteiger partial charge in [0.1, 0.15) is 0 Å². The highest BCUT2D eigenvalue weighted by atomic mass is 32.2. The zero-order valence-electron chi connectivity index (χ0n) is 8.28. The Morgan fingerprint density at radius 3 is 2.46 bits per heavy atom. The van der Waals surface area contributed by atoms with E-state index in [-0.39, 0.29) is 0 Å². The molecule has 4 nitrogen and oxygen atoms in total. The molecular weight excluding hydrogens is 190 g/mol. The van der Waals surface area contributed by atoms with E-state index in [1.165, 1.54) is 6.92 Å². The number of unbranched alkanes of at least 4 members (excludes halogenated alkanes) is 1. The maximum absolute atomic E-state index is 10.6. The molecule has 0 aromatic heterocycles. The van der Waals surface area contributed by atoms with Crippen LogP contribution in [0.4, 0.5) is 0 Å². The molecule has 1 atom stereocenters. The molecule has 0 aromatic carbocycles. The quantitative estimate of drug-likeness (QED) is 0.486. The van der Waals surface area contributed by atoms with Crippen molar-refractivity contribution in [1.29, 1.82) is 0 Å². The first kappa shape index (κ1) is 12.9. The van der Waals surface area contributed by atoms with Crippen molar-refractivity contribution in [3.8, 4) is 0 Å². The minimum atomic E-state index is -3.84. The Hall–Kier alpha value is -0.130. The topological polar surface area (TPSA) is 66.4 Å². The van der Waals surface area contributed by atoms with Gasteiger partial charge in [0.15, 0.2) is 0 Å². The lowest BCUT2D eigenvalue weighted by Gasteiger charge is -2.08. The van der Waals surface area contributed by atoms with E-state index >= 15 is 0 Å². The summed E-state index contributed by atoms with van der Waals surface area (Å²) < 4.78 is 29.8. The Morgan fingerprint density at radius 2 is 2.00 bits per heavy atom. The van der Waals surface area contributed by atoms with Crippen LogP contribution >= 0.6 is 0 Å². The molecule has 0 radical (unpaired) electrons. The number of hydrogen-bond acceptors (Lipinski definition) is 3. The van der Waals surface area contributed by atoms with Gasteiger partial charge in [-0.3, -0.25) is 4.55 Å². The van der Waals surface area contributed by atoms with Gasteiger partial charge in [0.25, 0.3) is 10.1 Å². The van der Waals surface area contributed by atoms with Crippen LogP contribution in [-0.4, -0.2) is 31.3 Å². The van der Waals surface area contributed by atoms with Crippen molar-refractivity contribution in [1.82, 2.24) is 5.32 Å². The van der Waals surface area contributed by atoms with Crippen molar-refractivity contribution in [3.63, 3.8) is 0 Å². The largest absolute Gasteiger partial charge is 0.317 e. The predicted molar refractivity (Wildman–Crippen MR) is 53.4 cm³/mol. The number of rotatable bonds is 7. The Kier molecular flexibility index (Phi) is 6.28. The van der Waals surface area contributed by atoms with Crippen LogP contribution in [-0.2, 0) is 10.1 Å². The van der Waals surface area contributed by atoms with Gasteiger partial charge in [-0.15, -0.1) is 0 Å². The monoisotopic (exact) mass is 209 g/mol. The van der Waals surface area contributed by atoms with Crippen molar-refractivity contribution in [2.45, 2.75) is 38.4 Å². The molecule has 0 bridgehead atoms. The fraction of sp³-hybridized carbons (Fsp3) is 1.00. The Morgan fingerprint density at radius 1 is 1.38 bits per heavy atom. The minimum absolute atomic E-state index is 0.461. The lowest BCUT2D eigenvalue weighted by Crippen LogP contribution is -2.24. The molecule has 0 spiro atoms. The molecule has 5 heteroatoms. The van der Waals surface area contributed by atoms with E-state index in [2.05, 4.69) is 12.2 Å². The third kappa shape index (κ3) is 6.98. The lowest BCUT2D eigenvalue weighted by atomic mass is 10.3. The van der Waals surface area contributed by atoms with Crippen molar-refractivity contribution in [2.75, 3.05) is 13.1 Å². The summed E-state index contributed by atoms with van der Waals surface area (Å²) in [4.78, 5) is 0. The van der Waals surface area contributed by atoms with Crippen molar-refractivity contribution < 1.29 is 13.0 Å². The fourth-order valence-electron chi connectivity index (χ4n) is 0.881. The smallest absolute Gasteiger partial charge is 0.267 e. The molecule has 0 aliphatic carbocycles. The van der Waals surface area contributed by atoms with Gasteiger partial charge in [-0.25, -0.2) is 0 Å². The zero-order chi connectivity index (χ0) is 10.3. The molecule has 0 fully saturated rings. The summed E-state index contributed by atoms with van der Waals surface area (Å²) in [6.45, 7) is 5.16. The fourth-order valence-corrected chi connectivity index (χ4v) is 1.30. The Bertz CT molecular complexity index is 213. The molecule has 0 aliphatic heterocycles. The van der Waals surface area contributed by atoms with E-state index in [0.717, 1.165) is 19.4 Å². The molecule has 0 aliphatic rings. The van der Waals surface area contributed by atoms with Crippen LogP contribution in [0.15, 0.2) is 0 Å². The van der Waals surface area contributed by atoms with E-state index in [1.54, 1.807) is 0 Å². The molecule has 0 amide bonds. The molecule has 13 heavy (non-hydrogen) atoms. The van der Waals surface area contributed by atoms with Gasteiger partial charge in [0, 0.05) is 0 Å². The molecule has 0 aromatic rings. The highest BCUT2D eigenvalue weighted by Crippen LogP contribution is 2.01. The average molecular weight is 209 g/mol. The van der Waals surface area contributed by atoms with E-state index in [9.17, 15) is 8.42 Å². The molecule has 0 rings (SSSR count). The number of nitrogens with one attached hydrogen (secondary N) is 1. The van der Waals surface area contributed by atoms with Crippen molar-refractivity contribution in [3.05, 3.63) is 0 Å². The van der Waals surface area contributed by atoms with Gasteiger partial charge in [-0.2, -0.15) is 8.42 Å². The molecule has 1 unspecified atom stereocenters. The van der Waals surface area contributed by atoms with Gasteiger partial charge in [0.05, 0.1) is 5.25 Å². The minimum Gasteiger partial charge on any atom is -0.317 e. The van der Waals surface area contributed by atoms with Crippen LogP contribution < -0.4 is 5.32 Å². The lowest BCUT2D eigenvalue weighted by molar-refractivity contribution is 0.463. The predicted octanol–water partition coefficient (Wildman–Crippen LogP) is 1.04. The third-order valence-corrected chi connectivity index (χ3v) is 3.20. The molecule has 0 saturated heterocycles. The zero-order valence-corrected chi connectivity index (χ0v) is 9.10. The van der Waals surface area contributed by atoms with E-state index in [1.807, 2.05) is 0 Å². The van der Waals surface area contributed by atoms with E-state index in [0.29, 0.717) is 13.0 Å². The molecule has 80 valence electrons. The molecule has 0 heterocycles. The van der Waals surface area contributed by atoms with Gasteiger partial charge < -0.3 is 5.32 Å². The normalized spacial score (nSPS) is 14.4.